The van der Waals surface area contributed by atoms with E-state index in [0.29, 0.717) is 5.82 Å². The number of aromatic nitrogens is 3. The highest BCUT2D eigenvalue weighted by Crippen LogP contribution is 2.38. The number of nitrogens with zero attached hydrogens (tertiary/aromatic N) is 4. The third-order valence-corrected chi connectivity index (χ3v) is 8.64. The Balaban J connectivity index is 1.28. The average molecular weight is 629 g/mol. The predicted octanol–water partition coefficient (Wildman–Crippen LogP) is 11.6. The molecule has 0 saturated carbocycles. The average Bonchev–Trinajstić information content (AvgIpc) is 3.18. The maximum atomic E-state index is 5.28. The van der Waals surface area contributed by atoms with Crippen LogP contribution in [0.4, 0.5) is 11.5 Å². The van der Waals surface area contributed by atoms with Gasteiger partial charge in [-0.05, 0) is 58.7 Å². The lowest BCUT2D eigenvalue weighted by Crippen LogP contribution is -2.17. The minimum absolute atomic E-state index is 0.680. The Labute approximate surface area is 285 Å². The first-order chi connectivity index (χ1) is 24.2. The summed E-state index contributed by atoms with van der Waals surface area (Å²) in [5, 5.41) is 5.66. The van der Waals surface area contributed by atoms with E-state index in [9.17, 15) is 0 Å². The van der Waals surface area contributed by atoms with Crippen LogP contribution in [0.5, 0.6) is 0 Å². The van der Waals surface area contributed by atoms with Crippen LogP contribution in [0.2, 0.25) is 0 Å². The smallest absolute Gasteiger partial charge is 0.160 e. The summed E-state index contributed by atoms with van der Waals surface area (Å²) in [5.74, 6) is 1.52. The number of benzene rings is 6. The van der Waals surface area contributed by atoms with Crippen molar-refractivity contribution in [3.05, 3.63) is 194 Å². The Kier molecular flexibility index (Phi) is 8.02. The molecule has 8 aromatic rings. The minimum atomic E-state index is 0.680. The van der Waals surface area contributed by atoms with Gasteiger partial charge in [0.25, 0.3) is 0 Å². The lowest BCUT2D eigenvalue weighted by Gasteiger charge is -2.27. The standard InChI is InChI=1S/C45H32N4/c1-2-37(23-15-22-36-31-43(33-17-5-3-6-18-33)47-44(46-36)34-19-7-4-8-20-34)49(38-29-28-32-16-9-10-21-35(32)30-38)45-41-26-12-11-24-39(41)40-25-13-14-27-42(40)48-45/h2-31H,1H2/b22-15+,37-23+. The van der Waals surface area contributed by atoms with Crippen LogP contribution in [0.3, 0.4) is 0 Å². The maximum Gasteiger partial charge on any atom is 0.160 e. The number of hydrogen-bond acceptors (Lipinski definition) is 4. The fraction of sp³-hybridized carbons (Fsp3) is 0. The van der Waals surface area contributed by atoms with Gasteiger partial charge in [0, 0.05) is 33.3 Å². The molecule has 6 aromatic carbocycles. The van der Waals surface area contributed by atoms with Crippen molar-refractivity contribution in [2.24, 2.45) is 0 Å². The number of anilines is 2. The third kappa shape index (κ3) is 5.99. The van der Waals surface area contributed by atoms with Crippen LogP contribution >= 0.6 is 0 Å². The van der Waals surface area contributed by atoms with E-state index in [4.69, 9.17) is 15.0 Å². The van der Waals surface area contributed by atoms with E-state index in [1.807, 2.05) is 78.9 Å². The maximum absolute atomic E-state index is 5.28. The van der Waals surface area contributed by atoms with E-state index in [-0.39, 0.29) is 0 Å². The van der Waals surface area contributed by atoms with Gasteiger partial charge < -0.3 is 0 Å². The zero-order valence-corrected chi connectivity index (χ0v) is 26.8. The topological polar surface area (TPSA) is 41.9 Å². The molecule has 8 rings (SSSR count). The number of allylic oxidation sites excluding steroid dienone is 3. The number of fused-ring (bicyclic) bond motifs is 4. The molecule has 49 heavy (non-hydrogen) atoms. The van der Waals surface area contributed by atoms with E-state index in [2.05, 4.69) is 115 Å². The highest BCUT2D eigenvalue weighted by molar-refractivity contribution is 6.11. The monoisotopic (exact) mass is 628 g/mol. The predicted molar refractivity (Wildman–Crippen MR) is 206 cm³/mol. The molecule has 4 heteroatoms. The lowest BCUT2D eigenvalue weighted by molar-refractivity contribution is 1.16. The van der Waals surface area contributed by atoms with Gasteiger partial charge in [0.15, 0.2) is 5.82 Å². The molecule has 0 unspecified atom stereocenters. The quantitative estimate of drug-likeness (QED) is 0.124. The van der Waals surface area contributed by atoms with Crippen LogP contribution in [-0.2, 0) is 0 Å². The lowest BCUT2D eigenvalue weighted by atomic mass is 10.0. The number of rotatable bonds is 8. The molecule has 0 radical (unpaired) electrons. The van der Waals surface area contributed by atoms with E-state index in [0.717, 1.165) is 66.8 Å². The van der Waals surface area contributed by atoms with Gasteiger partial charge in [0.05, 0.1) is 16.9 Å². The second kappa shape index (κ2) is 13.2. The third-order valence-electron chi connectivity index (χ3n) is 8.64. The molecule has 0 atom stereocenters. The number of hydrogen-bond donors (Lipinski definition) is 0. The Bertz CT molecular complexity index is 2460. The van der Waals surface area contributed by atoms with E-state index in [1.165, 1.54) is 5.39 Å². The molecule has 2 aromatic heterocycles. The van der Waals surface area contributed by atoms with Gasteiger partial charge in [-0.3, -0.25) is 4.90 Å². The molecule has 0 spiro atoms. The summed E-state index contributed by atoms with van der Waals surface area (Å²) in [6.07, 6.45) is 8.00. The fourth-order valence-corrected chi connectivity index (χ4v) is 6.27. The molecule has 0 fully saturated rings. The Hall–Kier alpha value is -6.65. The first-order valence-electron chi connectivity index (χ1n) is 16.3. The molecule has 0 bridgehead atoms. The Morgan fingerprint density at radius 2 is 1.20 bits per heavy atom. The van der Waals surface area contributed by atoms with Crippen molar-refractivity contribution in [3.63, 3.8) is 0 Å². The zero-order valence-electron chi connectivity index (χ0n) is 26.8. The van der Waals surface area contributed by atoms with Gasteiger partial charge in [-0.1, -0.05) is 146 Å². The number of pyridine rings is 1. The summed E-state index contributed by atoms with van der Waals surface area (Å²) in [4.78, 5) is 17.3. The minimum Gasteiger partial charge on any atom is -0.295 e. The van der Waals surface area contributed by atoms with E-state index >= 15 is 0 Å². The molecular weight excluding hydrogens is 597 g/mol. The van der Waals surface area contributed by atoms with Crippen LogP contribution < -0.4 is 4.90 Å². The molecule has 0 aliphatic heterocycles. The molecule has 4 nitrogen and oxygen atoms in total. The van der Waals surface area contributed by atoms with Gasteiger partial charge in [-0.2, -0.15) is 0 Å². The molecule has 0 N–H and O–H groups in total. The Morgan fingerprint density at radius 3 is 1.98 bits per heavy atom. The number of para-hydroxylation sites is 1. The second-order valence-electron chi connectivity index (χ2n) is 11.8. The summed E-state index contributed by atoms with van der Waals surface area (Å²) in [6, 6.07) is 54.1. The molecule has 2 heterocycles. The van der Waals surface area contributed by atoms with Crippen LogP contribution in [0.25, 0.3) is 61.2 Å². The molecule has 0 aliphatic rings. The summed E-state index contributed by atoms with van der Waals surface area (Å²) in [6.45, 7) is 4.27. The van der Waals surface area contributed by atoms with Gasteiger partial charge in [0.1, 0.15) is 5.82 Å². The largest absolute Gasteiger partial charge is 0.295 e. The van der Waals surface area contributed by atoms with Gasteiger partial charge in [-0.25, -0.2) is 15.0 Å². The van der Waals surface area contributed by atoms with Crippen molar-refractivity contribution in [3.8, 4) is 22.6 Å². The molecule has 0 amide bonds. The van der Waals surface area contributed by atoms with Crippen molar-refractivity contribution in [2.75, 3.05) is 4.90 Å². The van der Waals surface area contributed by atoms with Gasteiger partial charge >= 0.3 is 0 Å². The van der Waals surface area contributed by atoms with Crippen LogP contribution in [-0.4, -0.2) is 15.0 Å². The highest BCUT2D eigenvalue weighted by atomic mass is 15.2. The summed E-state index contributed by atoms with van der Waals surface area (Å²) in [7, 11) is 0. The Morgan fingerprint density at radius 1 is 0.551 bits per heavy atom. The highest BCUT2D eigenvalue weighted by Gasteiger charge is 2.19. The molecule has 0 saturated heterocycles. The fourth-order valence-electron chi connectivity index (χ4n) is 6.27. The van der Waals surface area contributed by atoms with Crippen LogP contribution in [0.15, 0.2) is 188 Å². The van der Waals surface area contributed by atoms with Crippen molar-refractivity contribution in [1.82, 2.24) is 15.0 Å². The van der Waals surface area contributed by atoms with Crippen molar-refractivity contribution < 1.29 is 0 Å². The van der Waals surface area contributed by atoms with Crippen LogP contribution in [0.1, 0.15) is 5.69 Å². The summed E-state index contributed by atoms with van der Waals surface area (Å²) < 4.78 is 0. The van der Waals surface area contributed by atoms with Crippen molar-refractivity contribution >= 4 is 50.0 Å². The normalized spacial score (nSPS) is 11.8. The van der Waals surface area contributed by atoms with E-state index in [1.54, 1.807) is 0 Å². The summed E-state index contributed by atoms with van der Waals surface area (Å²) in [5.41, 5.74) is 6.48. The van der Waals surface area contributed by atoms with Gasteiger partial charge in [-0.15, -0.1) is 0 Å². The van der Waals surface area contributed by atoms with E-state index < -0.39 is 0 Å². The summed E-state index contributed by atoms with van der Waals surface area (Å²) >= 11 is 0. The van der Waals surface area contributed by atoms with Crippen molar-refractivity contribution in [2.45, 2.75) is 0 Å². The molecular formula is C45H32N4. The molecule has 232 valence electrons. The van der Waals surface area contributed by atoms with Gasteiger partial charge in [0.2, 0.25) is 0 Å². The zero-order chi connectivity index (χ0) is 33.0. The van der Waals surface area contributed by atoms with Crippen molar-refractivity contribution in [1.29, 1.82) is 0 Å². The SMILES string of the molecule is C=C/C(=C\C=C\c1cc(-c2ccccc2)nc(-c2ccccc2)n1)N(c1ccc2ccccc2c1)c1nc2ccccc2c2ccccc12. The molecule has 0 aliphatic carbocycles. The second-order valence-corrected chi connectivity index (χ2v) is 11.8. The first kappa shape index (κ1) is 29.7. The first-order valence-corrected chi connectivity index (χ1v) is 16.3. The van der Waals surface area contributed by atoms with Crippen LogP contribution in [0, 0.1) is 0 Å².